The highest BCUT2D eigenvalue weighted by Gasteiger charge is 2.16. The molecule has 0 atom stereocenters. The fourth-order valence-corrected chi connectivity index (χ4v) is 3.74. The summed E-state index contributed by atoms with van der Waals surface area (Å²) in [5, 5.41) is 2.89. The maximum Gasteiger partial charge on any atom is 0.257 e. The zero-order valence-corrected chi connectivity index (χ0v) is 17.8. The molecule has 0 radical (unpaired) electrons. The van der Waals surface area contributed by atoms with Crippen molar-refractivity contribution in [3.63, 3.8) is 0 Å². The van der Waals surface area contributed by atoms with E-state index < -0.39 is 0 Å². The lowest BCUT2D eigenvalue weighted by Crippen LogP contribution is -2.44. The van der Waals surface area contributed by atoms with Crippen molar-refractivity contribution < 1.29 is 4.79 Å². The van der Waals surface area contributed by atoms with E-state index in [1.807, 2.05) is 34.9 Å². The normalized spacial score (nSPS) is 14.6. The van der Waals surface area contributed by atoms with Gasteiger partial charge in [-0.1, -0.05) is 6.07 Å². The van der Waals surface area contributed by atoms with Gasteiger partial charge in [0.05, 0.1) is 36.0 Å². The number of aromatic nitrogens is 5. The molecular formula is C23H24N8O. The molecular weight excluding hydrogens is 404 g/mol. The van der Waals surface area contributed by atoms with Gasteiger partial charge in [0.15, 0.2) is 5.65 Å². The van der Waals surface area contributed by atoms with E-state index in [9.17, 15) is 4.79 Å². The molecule has 9 heteroatoms. The Bertz CT molecular complexity index is 1210. The van der Waals surface area contributed by atoms with E-state index in [1.165, 1.54) is 0 Å². The van der Waals surface area contributed by atoms with Crippen molar-refractivity contribution in [2.24, 2.45) is 0 Å². The number of piperazine rings is 1. The highest BCUT2D eigenvalue weighted by atomic mass is 16.1. The van der Waals surface area contributed by atoms with E-state index in [2.05, 4.69) is 42.1 Å². The summed E-state index contributed by atoms with van der Waals surface area (Å²) in [6, 6.07) is 11.4. The average molecular weight is 429 g/mol. The molecule has 1 aliphatic rings. The Hall–Kier alpha value is -3.85. The molecule has 0 aliphatic carbocycles. The summed E-state index contributed by atoms with van der Waals surface area (Å²) in [6.07, 6.45) is 6.74. The van der Waals surface area contributed by atoms with Crippen molar-refractivity contribution in [1.29, 1.82) is 0 Å². The third-order valence-electron chi connectivity index (χ3n) is 5.61. The van der Waals surface area contributed by atoms with Gasteiger partial charge in [-0.15, -0.1) is 0 Å². The highest BCUT2D eigenvalue weighted by molar-refractivity contribution is 6.05. The van der Waals surface area contributed by atoms with Gasteiger partial charge in [-0.3, -0.25) is 9.78 Å². The average Bonchev–Trinajstić information content (AvgIpc) is 3.23. The summed E-state index contributed by atoms with van der Waals surface area (Å²) in [7, 11) is 2.13. The number of nitrogens with one attached hydrogen (secondary N) is 1. The van der Waals surface area contributed by atoms with Crippen LogP contribution >= 0.6 is 0 Å². The van der Waals surface area contributed by atoms with E-state index in [4.69, 9.17) is 0 Å². The molecule has 0 bridgehead atoms. The summed E-state index contributed by atoms with van der Waals surface area (Å²) in [4.78, 5) is 35.0. The van der Waals surface area contributed by atoms with Crippen LogP contribution in [0.2, 0.25) is 0 Å². The van der Waals surface area contributed by atoms with Crippen LogP contribution in [0.25, 0.3) is 11.2 Å². The van der Waals surface area contributed by atoms with Gasteiger partial charge in [-0.05, 0) is 37.4 Å². The summed E-state index contributed by atoms with van der Waals surface area (Å²) in [5.74, 6) is 0.686. The minimum Gasteiger partial charge on any atom is -0.354 e. The quantitative estimate of drug-likeness (QED) is 0.521. The third kappa shape index (κ3) is 4.28. The molecule has 9 nitrogen and oxygen atoms in total. The summed E-state index contributed by atoms with van der Waals surface area (Å²) in [6.45, 7) is 4.52. The monoisotopic (exact) mass is 428 g/mol. The maximum atomic E-state index is 12.7. The molecule has 1 N–H and O–H groups in total. The first-order chi connectivity index (χ1) is 15.7. The standard InChI is InChI=1S/C23H24N8O/c1-29-8-10-30(11-9-29)21-6-5-18(14-25-21)28-23(32)17-12-20-22(26-13-17)31(16-27-20)15-19-4-2-3-7-24-19/h2-7,12-14,16H,8-11,15H2,1H3,(H,28,32). The fourth-order valence-electron chi connectivity index (χ4n) is 3.74. The second-order valence-electron chi connectivity index (χ2n) is 7.91. The fraction of sp³-hybridized carbons (Fsp3) is 0.261. The number of carbonyl (C=O) groups is 1. The first kappa shape index (κ1) is 20.1. The summed E-state index contributed by atoms with van der Waals surface area (Å²) >= 11 is 0. The van der Waals surface area contributed by atoms with E-state index in [1.54, 1.807) is 31.0 Å². The molecule has 1 amide bonds. The van der Waals surface area contributed by atoms with Crippen LogP contribution in [0.1, 0.15) is 16.1 Å². The lowest BCUT2D eigenvalue weighted by atomic mass is 10.2. The van der Waals surface area contributed by atoms with Crippen molar-refractivity contribution in [3.8, 4) is 0 Å². The third-order valence-corrected chi connectivity index (χ3v) is 5.61. The molecule has 1 saturated heterocycles. The number of hydrogen-bond acceptors (Lipinski definition) is 7. The van der Waals surface area contributed by atoms with Gasteiger partial charge in [0.1, 0.15) is 11.3 Å². The van der Waals surface area contributed by atoms with Crippen LogP contribution in [0.15, 0.2) is 61.3 Å². The number of rotatable bonds is 5. The van der Waals surface area contributed by atoms with Crippen LogP contribution in [0.4, 0.5) is 11.5 Å². The van der Waals surface area contributed by atoms with Crippen LogP contribution < -0.4 is 10.2 Å². The molecule has 32 heavy (non-hydrogen) atoms. The van der Waals surface area contributed by atoms with Crippen molar-refractivity contribution in [1.82, 2.24) is 29.4 Å². The Balaban J connectivity index is 1.26. The van der Waals surface area contributed by atoms with Gasteiger partial charge in [0.25, 0.3) is 5.91 Å². The minimum absolute atomic E-state index is 0.243. The predicted molar refractivity (Wildman–Crippen MR) is 123 cm³/mol. The van der Waals surface area contributed by atoms with Gasteiger partial charge in [0.2, 0.25) is 0 Å². The van der Waals surface area contributed by atoms with Gasteiger partial charge < -0.3 is 19.7 Å². The molecule has 4 aromatic heterocycles. The summed E-state index contributed by atoms with van der Waals surface area (Å²) < 4.78 is 1.92. The molecule has 0 spiro atoms. The van der Waals surface area contributed by atoms with Gasteiger partial charge in [-0.25, -0.2) is 15.0 Å². The number of pyridine rings is 3. The van der Waals surface area contributed by atoms with Gasteiger partial charge >= 0.3 is 0 Å². The number of fused-ring (bicyclic) bond motifs is 1. The first-order valence-corrected chi connectivity index (χ1v) is 10.6. The number of imidazole rings is 1. The number of carbonyl (C=O) groups excluding carboxylic acids is 1. The Morgan fingerprint density at radius 1 is 1.00 bits per heavy atom. The molecule has 0 saturated carbocycles. The maximum absolute atomic E-state index is 12.7. The molecule has 0 unspecified atom stereocenters. The van der Waals surface area contributed by atoms with E-state index in [0.717, 1.165) is 37.7 Å². The van der Waals surface area contributed by atoms with Crippen LogP contribution in [-0.2, 0) is 6.54 Å². The van der Waals surface area contributed by atoms with Gasteiger partial charge in [-0.2, -0.15) is 0 Å². The SMILES string of the molecule is CN1CCN(c2ccc(NC(=O)c3cnc4c(c3)ncn4Cc3ccccn3)cn2)CC1. The van der Waals surface area contributed by atoms with Crippen molar-refractivity contribution in [2.45, 2.75) is 6.54 Å². The van der Waals surface area contributed by atoms with Crippen molar-refractivity contribution in [3.05, 3.63) is 72.6 Å². The second kappa shape index (κ2) is 8.72. The molecule has 5 heterocycles. The summed E-state index contributed by atoms with van der Waals surface area (Å²) in [5.41, 5.74) is 3.39. The zero-order chi connectivity index (χ0) is 21.9. The molecule has 1 aliphatic heterocycles. The van der Waals surface area contributed by atoms with Crippen LogP contribution in [0.3, 0.4) is 0 Å². The Kier molecular flexibility index (Phi) is 5.47. The van der Waals surface area contributed by atoms with E-state index in [-0.39, 0.29) is 5.91 Å². The minimum atomic E-state index is -0.243. The smallest absolute Gasteiger partial charge is 0.257 e. The first-order valence-electron chi connectivity index (χ1n) is 10.6. The van der Waals surface area contributed by atoms with Gasteiger partial charge in [0, 0.05) is 38.6 Å². The molecule has 5 rings (SSSR count). The number of likely N-dealkylation sites (N-methyl/N-ethyl adjacent to an activating group) is 1. The Morgan fingerprint density at radius 2 is 1.88 bits per heavy atom. The predicted octanol–water partition coefficient (Wildman–Crippen LogP) is 2.27. The van der Waals surface area contributed by atoms with Crippen molar-refractivity contribution >= 4 is 28.6 Å². The lowest BCUT2D eigenvalue weighted by Gasteiger charge is -2.33. The molecule has 1 fully saturated rings. The molecule has 162 valence electrons. The number of nitrogens with zero attached hydrogens (tertiary/aromatic N) is 7. The van der Waals surface area contributed by atoms with E-state index in [0.29, 0.717) is 29.0 Å². The number of amides is 1. The Morgan fingerprint density at radius 3 is 2.62 bits per heavy atom. The van der Waals surface area contributed by atoms with Crippen molar-refractivity contribution in [2.75, 3.05) is 43.4 Å². The largest absolute Gasteiger partial charge is 0.354 e. The lowest BCUT2D eigenvalue weighted by molar-refractivity contribution is 0.102. The number of hydrogen-bond donors (Lipinski definition) is 1. The zero-order valence-electron chi connectivity index (χ0n) is 17.8. The number of anilines is 2. The van der Waals surface area contributed by atoms with E-state index >= 15 is 0 Å². The molecule has 0 aromatic carbocycles. The second-order valence-corrected chi connectivity index (χ2v) is 7.91. The highest BCUT2D eigenvalue weighted by Crippen LogP contribution is 2.18. The van der Waals surface area contributed by atoms with Crippen LogP contribution in [-0.4, -0.2) is 68.5 Å². The topological polar surface area (TPSA) is 92.1 Å². The van der Waals surface area contributed by atoms with Crippen LogP contribution in [0, 0.1) is 0 Å². The molecule has 4 aromatic rings. The van der Waals surface area contributed by atoms with Crippen LogP contribution in [0.5, 0.6) is 0 Å². The Labute approximate surface area is 185 Å².